The fourth-order valence-electron chi connectivity index (χ4n) is 4.64. The number of sulfone groups is 1. The van der Waals surface area contributed by atoms with Gasteiger partial charge in [0.05, 0.1) is 17.5 Å². The van der Waals surface area contributed by atoms with Crippen molar-refractivity contribution in [2.24, 2.45) is 17.8 Å². The average molecular weight is 366 g/mol. The Bertz CT molecular complexity index is 768. The minimum atomic E-state index is -2.99. The van der Waals surface area contributed by atoms with Gasteiger partial charge in [0.2, 0.25) is 5.91 Å². The summed E-state index contributed by atoms with van der Waals surface area (Å²) in [6.07, 6.45) is 0.808. The van der Waals surface area contributed by atoms with E-state index in [-0.39, 0.29) is 41.1 Å². The number of nitrogens with zero attached hydrogens (tertiary/aromatic N) is 1. The van der Waals surface area contributed by atoms with E-state index in [0.29, 0.717) is 25.3 Å². The van der Waals surface area contributed by atoms with E-state index in [1.54, 1.807) is 6.07 Å². The van der Waals surface area contributed by atoms with Gasteiger partial charge < -0.3 is 10.2 Å². The molecule has 0 aromatic heterocycles. The summed E-state index contributed by atoms with van der Waals surface area (Å²) in [4.78, 5) is 15.0. The van der Waals surface area contributed by atoms with Gasteiger partial charge in [0.1, 0.15) is 15.7 Å². The molecule has 3 heterocycles. The number of benzene rings is 1. The standard InChI is InChI=1S/C18H23FN2O3S/c19-15-3-1-2-13(8-15)17-16-10-20-9-14(16)11-21(17)18(22)12-4-6-25(23,24)7-5-12/h1-3,8,12,14,16-17,20H,4-7,9-11H2/t14-,16-,17-/m0/s1. The molecule has 3 aliphatic heterocycles. The molecule has 4 rings (SSSR count). The van der Waals surface area contributed by atoms with Gasteiger partial charge in [0.15, 0.2) is 0 Å². The second-order valence-electron chi connectivity index (χ2n) is 7.50. The zero-order valence-electron chi connectivity index (χ0n) is 14.0. The molecular formula is C18H23FN2O3S. The van der Waals surface area contributed by atoms with Gasteiger partial charge >= 0.3 is 0 Å². The SMILES string of the molecule is O=C(C1CCS(=O)(=O)CC1)N1C[C@@H]2CNC[C@@H]2[C@@H]1c1cccc(F)c1. The number of hydrogen-bond acceptors (Lipinski definition) is 4. The molecule has 3 saturated heterocycles. The van der Waals surface area contributed by atoms with Crippen LogP contribution in [0.4, 0.5) is 4.39 Å². The van der Waals surface area contributed by atoms with Crippen LogP contribution in [0.3, 0.4) is 0 Å². The van der Waals surface area contributed by atoms with Crippen LogP contribution in [0.15, 0.2) is 24.3 Å². The molecule has 5 nitrogen and oxygen atoms in total. The van der Waals surface area contributed by atoms with Crippen molar-refractivity contribution in [2.75, 3.05) is 31.1 Å². The van der Waals surface area contributed by atoms with Crippen LogP contribution in [0.5, 0.6) is 0 Å². The van der Waals surface area contributed by atoms with Crippen molar-refractivity contribution in [3.63, 3.8) is 0 Å². The highest BCUT2D eigenvalue weighted by molar-refractivity contribution is 7.91. The molecule has 1 N–H and O–H groups in total. The number of rotatable bonds is 2. The second-order valence-corrected chi connectivity index (χ2v) is 9.80. The smallest absolute Gasteiger partial charge is 0.226 e. The first-order valence-corrected chi connectivity index (χ1v) is 10.7. The van der Waals surface area contributed by atoms with Crippen LogP contribution in [0.2, 0.25) is 0 Å². The molecular weight excluding hydrogens is 343 g/mol. The number of fused-ring (bicyclic) bond motifs is 1. The molecule has 0 aliphatic carbocycles. The lowest BCUT2D eigenvalue weighted by Gasteiger charge is -2.32. The number of nitrogens with one attached hydrogen (secondary N) is 1. The minimum Gasteiger partial charge on any atom is -0.335 e. The fraction of sp³-hybridized carbons (Fsp3) is 0.611. The second kappa shape index (κ2) is 6.36. The molecule has 3 fully saturated rings. The first kappa shape index (κ1) is 17.0. The molecule has 0 unspecified atom stereocenters. The quantitative estimate of drug-likeness (QED) is 0.859. The Labute approximate surface area is 147 Å². The largest absolute Gasteiger partial charge is 0.335 e. The summed E-state index contributed by atoms with van der Waals surface area (Å²) in [5.74, 6) is 0.377. The third-order valence-corrected chi connectivity index (χ3v) is 7.66. The Balaban J connectivity index is 1.60. The van der Waals surface area contributed by atoms with E-state index in [0.717, 1.165) is 18.7 Å². The van der Waals surface area contributed by atoms with Crippen LogP contribution in [0, 0.1) is 23.6 Å². The van der Waals surface area contributed by atoms with E-state index in [1.165, 1.54) is 12.1 Å². The Morgan fingerprint density at radius 2 is 1.96 bits per heavy atom. The molecule has 3 aliphatic rings. The van der Waals surface area contributed by atoms with Crippen LogP contribution in [0.25, 0.3) is 0 Å². The lowest BCUT2D eigenvalue weighted by molar-refractivity contribution is -0.137. The van der Waals surface area contributed by atoms with Gasteiger partial charge in [0, 0.05) is 31.5 Å². The van der Waals surface area contributed by atoms with Crippen LogP contribution >= 0.6 is 0 Å². The average Bonchev–Trinajstić information content (AvgIpc) is 3.14. The number of carbonyl (C=O) groups is 1. The van der Waals surface area contributed by atoms with E-state index < -0.39 is 9.84 Å². The van der Waals surface area contributed by atoms with Crippen molar-refractivity contribution in [1.82, 2.24) is 10.2 Å². The normalized spacial score (nSPS) is 31.9. The van der Waals surface area contributed by atoms with E-state index >= 15 is 0 Å². The van der Waals surface area contributed by atoms with E-state index in [2.05, 4.69) is 5.32 Å². The predicted octanol–water partition coefficient (Wildman–Crippen LogP) is 1.37. The van der Waals surface area contributed by atoms with E-state index in [9.17, 15) is 17.6 Å². The summed E-state index contributed by atoms with van der Waals surface area (Å²) >= 11 is 0. The maximum atomic E-state index is 13.7. The molecule has 25 heavy (non-hydrogen) atoms. The number of halogens is 1. The minimum absolute atomic E-state index is 0.0403. The van der Waals surface area contributed by atoms with Gasteiger partial charge in [-0.1, -0.05) is 12.1 Å². The van der Waals surface area contributed by atoms with Crippen LogP contribution in [-0.4, -0.2) is 50.4 Å². The summed E-state index contributed by atoms with van der Waals surface area (Å²) in [6, 6.07) is 6.40. The summed E-state index contributed by atoms with van der Waals surface area (Å²) < 4.78 is 37.0. The van der Waals surface area contributed by atoms with Gasteiger partial charge in [-0.25, -0.2) is 12.8 Å². The molecule has 1 aromatic rings. The van der Waals surface area contributed by atoms with Gasteiger partial charge in [0.25, 0.3) is 0 Å². The lowest BCUT2D eigenvalue weighted by Crippen LogP contribution is -2.41. The van der Waals surface area contributed by atoms with Crippen molar-refractivity contribution in [2.45, 2.75) is 18.9 Å². The first-order valence-electron chi connectivity index (χ1n) is 8.92. The summed E-state index contributed by atoms with van der Waals surface area (Å²) in [5, 5.41) is 3.38. The summed E-state index contributed by atoms with van der Waals surface area (Å²) in [6.45, 7) is 2.37. The Hall–Kier alpha value is -1.47. The zero-order chi connectivity index (χ0) is 17.6. The Kier molecular flexibility index (Phi) is 4.32. The van der Waals surface area contributed by atoms with Crippen molar-refractivity contribution >= 4 is 15.7 Å². The van der Waals surface area contributed by atoms with Gasteiger partial charge in [-0.15, -0.1) is 0 Å². The molecule has 1 amide bonds. The van der Waals surface area contributed by atoms with Crippen molar-refractivity contribution < 1.29 is 17.6 Å². The highest BCUT2D eigenvalue weighted by Gasteiger charge is 2.48. The highest BCUT2D eigenvalue weighted by atomic mass is 32.2. The number of likely N-dealkylation sites (tertiary alicyclic amines) is 1. The molecule has 0 saturated carbocycles. The first-order chi connectivity index (χ1) is 11.9. The fourth-order valence-corrected chi connectivity index (χ4v) is 6.13. The van der Waals surface area contributed by atoms with Crippen LogP contribution < -0.4 is 5.32 Å². The monoisotopic (exact) mass is 366 g/mol. The summed E-state index contributed by atoms with van der Waals surface area (Å²) in [7, 11) is -2.99. The van der Waals surface area contributed by atoms with E-state index in [4.69, 9.17) is 0 Å². The Morgan fingerprint density at radius 3 is 2.68 bits per heavy atom. The third kappa shape index (κ3) is 3.19. The summed E-state index contributed by atoms with van der Waals surface area (Å²) in [5.41, 5.74) is 0.841. The molecule has 136 valence electrons. The van der Waals surface area contributed by atoms with E-state index in [1.807, 2.05) is 11.0 Å². The van der Waals surface area contributed by atoms with Crippen LogP contribution in [-0.2, 0) is 14.6 Å². The molecule has 7 heteroatoms. The van der Waals surface area contributed by atoms with Crippen molar-refractivity contribution in [1.29, 1.82) is 0 Å². The molecule has 3 atom stereocenters. The topological polar surface area (TPSA) is 66.5 Å². The molecule has 0 radical (unpaired) electrons. The van der Waals surface area contributed by atoms with Gasteiger partial charge in [-0.3, -0.25) is 4.79 Å². The zero-order valence-corrected chi connectivity index (χ0v) is 14.8. The molecule has 0 spiro atoms. The lowest BCUT2D eigenvalue weighted by atomic mass is 9.89. The maximum Gasteiger partial charge on any atom is 0.226 e. The molecule has 1 aromatic carbocycles. The predicted molar refractivity (Wildman–Crippen MR) is 92.1 cm³/mol. The maximum absolute atomic E-state index is 13.7. The Morgan fingerprint density at radius 1 is 1.20 bits per heavy atom. The third-order valence-electron chi connectivity index (χ3n) is 5.94. The van der Waals surface area contributed by atoms with Crippen LogP contribution in [0.1, 0.15) is 24.4 Å². The highest BCUT2D eigenvalue weighted by Crippen LogP contribution is 2.44. The number of amides is 1. The van der Waals surface area contributed by atoms with Gasteiger partial charge in [-0.05, 0) is 36.5 Å². The van der Waals surface area contributed by atoms with Crippen molar-refractivity contribution in [3.05, 3.63) is 35.6 Å². The van der Waals surface area contributed by atoms with Crippen molar-refractivity contribution in [3.8, 4) is 0 Å². The molecule has 0 bridgehead atoms. The number of carbonyl (C=O) groups excluding carboxylic acids is 1. The van der Waals surface area contributed by atoms with Gasteiger partial charge in [-0.2, -0.15) is 0 Å². The number of hydrogen-bond donors (Lipinski definition) is 1.